The predicted molar refractivity (Wildman–Crippen MR) is 48.3 cm³/mol. The quantitative estimate of drug-likeness (QED) is 0.398. The molecule has 0 spiro atoms. The number of hydrogen-bond acceptors (Lipinski definition) is 5. The SMILES string of the molecule is NC1(CCO)NC(=O)c2[nH]cnc2N1. The Hall–Kier alpha value is -1.60. The summed E-state index contributed by atoms with van der Waals surface area (Å²) in [6.45, 7) is -0.121. The molecule has 7 heteroatoms. The lowest BCUT2D eigenvalue weighted by Gasteiger charge is -2.34. The highest BCUT2D eigenvalue weighted by molar-refractivity contribution is 5.99. The molecule has 76 valence electrons. The van der Waals surface area contributed by atoms with Crippen LogP contribution in [0.1, 0.15) is 16.9 Å². The molecule has 2 heterocycles. The standard InChI is InChI=1S/C7H11N5O2/c8-7(1-2-13)11-5-4(6(14)12-7)9-3-10-5/h3,11,13H,1-2,8H2,(H,9,10)(H,12,14). The van der Waals surface area contributed by atoms with Crippen LogP contribution < -0.4 is 16.4 Å². The van der Waals surface area contributed by atoms with E-state index in [1.54, 1.807) is 0 Å². The third-order valence-electron chi connectivity index (χ3n) is 2.05. The molecule has 1 aromatic heterocycles. The molecule has 0 saturated carbocycles. The minimum atomic E-state index is -1.12. The molecular weight excluding hydrogens is 186 g/mol. The Kier molecular flexibility index (Phi) is 1.90. The fourth-order valence-electron chi connectivity index (χ4n) is 1.37. The molecule has 0 aromatic carbocycles. The van der Waals surface area contributed by atoms with E-state index in [9.17, 15) is 4.79 Å². The van der Waals surface area contributed by atoms with Crippen molar-refractivity contribution in [1.29, 1.82) is 0 Å². The summed E-state index contributed by atoms with van der Waals surface area (Å²) in [4.78, 5) is 18.0. The number of carbonyl (C=O) groups is 1. The van der Waals surface area contributed by atoms with Gasteiger partial charge in [-0.25, -0.2) is 4.98 Å². The number of hydrogen-bond donors (Lipinski definition) is 5. The third kappa shape index (κ3) is 1.32. The Bertz CT molecular complexity index is 363. The lowest BCUT2D eigenvalue weighted by Crippen LogP contribution is -2.64. The normalized spacial score (nSPS) is 25.1. The van der Waals surface area contributed by atoms with Crippen LogP contribution in [0.5, 0.6) is 0 Å². The molecule has 1 aliphatic heterocycles. The van der Waals surface area contributed by atoms with E-state index in [0.29, 0.717) is 11.5 Å². The van der Waals surface area contributed by atoms with Crippen molar-refractivity contribution in [3.8, 4) is 0 Å². The number of amides is 1. The second-order valence-electron chi connectivity index (χ2n) is 3.15. The number of aliphatic hydroxyl groups is 1. The van der Waals surface area contributed by atoms with Crippen LogP contribution >= 0.6 is 0 Å². The van der Waals surface area contributed by atoms with Crippen LogP contribution in [0.15, 0.2) is 6.33 Å². The van der Waals surface area contributed by atoms with Crippen molar-refractivity contribution < 1.29 is 9.90 Å². The Morgan fingerprint density at radius 1 is 1.57 bits per heavy atom. The minimum Gasteiger partial charge on any atom is -0.396 e. The van der Waals surface area contributed by atoms with Crippen molar-refractivity contribution in [1.82, 2.24) is 15.3 Å². The van der Waals surface area contributed by atoms with Crippen molar-refractivity contribution in [2.24, 2.45) is 5.73 Å². The number of nitrogens with one attached hydrogen (secondary N) is 3. The van der Waals surface area contributed by atoms with Crippen LogP contribution in [0.2, 0.25) is 0 Å². The zero-order valence-electron chi connectivity index (χ0n) is 7.37. The van der Waals surface area contributed by atoms with E-state index in [2.05, 4.69) is 20.6 Å². The van der Waals surface area contributed by atoms with Crippen molar-refractivity contribution in [3.63, 3.8) is 0 Å². The second kappa shape index (κ2) is 2.96. The zero-order valence-corrected chi connectivity index (χ0v) is 7.37. The fourth-order valence-corrected chi connectivity index (χ4v) is 1.37. The molecule has 7 nitrogen and oxygen atoms in total. The van der Waals surface area contributed by atoms with E-state index >= 15 is 0 Å². The number of H-pyrrole nitrogens is 1. The number of imidazole rings is 1. The number of aromatic amines is 1. The molecule has 1 aromatic rings. The summed E-state index contributed by atoms with van der Waals surface area (Å²) in [5.74, 6) is -1.04. The third-order valence-corrected chi connectivity index (χ3v) is 2.05. The number of anilines is 1. The van der Waals surface area contributed by atoms with Gasteiger partial charge in [0.1, 0.15) is 5.69 Å². The van der Waals surface area contributed by atoms with Crippen molar-refractivity contribution in [2.45, 2.75) is 12.2 Å². The number of nitrogens with zero attached hydrogens (tertiary/aromatic N) is 1. The maximum absolute atomic E-state index is 11.5. The lowest BCUT2D eigenvalue weighted by molar-refractivity contribution is 0.0881. The number of aromatic nitrogens is 2. The molecule has 14 heavy (non-hydrogen) atoms. The highest BCUT2D eigenvalue weighted by Gasteiger charge is 2.34. The molecule has 1 amide bonds. The number of fused-ring (bicyclic) bond motifs is 1. The Morgan fingerprint density at radius 2 is 2.36 bits per heavy atom. The highest BCUT2D eigenvalue weighted by atomic mass is 16.3. The Morgan fingerprint density at radius 3 is 3.07 bits per heavy atom. The van der Waals surface area contributed by atoms with Crippen LogP contribution in [-0.2, 0) is 0 Å². The average Bonchev–Trinajstić information content (AvgIpc) is 2.51. The highest BCUT2D eigenvalue weighted by Crippen LogP contribution is 2.19. The van der Waals surface area contributed by atoms with Crippen LogP contribution in [0.4, 0.5) is 5.82 Å². The molecule has 0 radical (unpaired) electrons. The summed E-state index contributed by atoms with van der Waals surface area (Å²) >= 11 is 0. The topological polar surface area (TPSA) is 116 Å². The first kappa shape index (κ1) is 8.97. The van der Waals surface area contributed by atoms with Gasteiger partial charge in [0.15, 0.2) is 11.6 Å². The maximum atomic E-state index is 11.5. The van der Waals surface area contributed by atoms with Crippen LogP contribution in [0.3, 0.4) is 0 Å². The van der Waals surface area contributed by atoms with E-state index < -0.39 is 5.79 Å². The first-order chi connectivity index (χ1) is 6.64. The van der Waals surface area contributed by atoms with Gasteiger partial charge in [0.05, 0.1) is 6.33 Å². The van der Waals surface area contributed by atoms with E-state index in [0.717, 1.165) is 0 Å². The fraction of sp³-hybridized carbons (Fsp3) is 0.429. The van der Waals surface area contributed by atoms with E-state index in [-0.39, 0.29) is 18.9 Å². The molecule has 1 unspecified atom stereocenters. The summed E-state index contributed by atoms with van der Waals surface area (Å²) in [5, 5.41) is 14.1. The number of nitrogens with two attached hydrogens (primary N) is 1. The van der Waals surface area contributed by atoms with Crippen molar-refractivity contribution in [3.05, 3.63) is 12.0 Å². The summed E-state index contributed by atoms with van der Waals surface area (Å²) < 4.78 is 0. The van der Waals surface area contributed by atoms with Crippen LogP contribution in [0, 0.1) is 0 Å². The molecule has 0 saturated heterocycles. The summed E-state index contributed by atoms with van der Waals surface area (Å²) in [6, 6.07) is 0. The van der Waals surface area contributed by atoms with Gasteiger partial charge in [-0.2, -0.15) is 0 Å². The zero-order chi connectivity index (χ0) is 10.2. The van der Waals surface area contributed by atoms with Gasteiger partial charge in [-0.15, -0.1) is 0 Å². The summed E-state index contributed by atoms with van der Waals surface area (Å²) in [7, 11) is 0. The van der Waals surface area contributed by atoms with Gasteiger partial charge in [0.25, 0.3) is 5.91 Å². The Balaban J connectivity index is 2.29. The van der Waals surface area contributed by atoms with Gasteiger partial charge in [-0.05, 0) is 0 Å². The van der Waals surface area contributed by atoms with Gasteiger partial charge in [0, 0.05) is 13.0 Å². The summed E-state index contributed by atoms with van der Waals surface area (Å²) in [5.41, 5.74) is 6.13. The van der Waals surface area contributed by atoms with Gasteiger partial charge < -0.3 is 20.7 Å². The first-order valence-corrected chi connectivity index (χ1v) is 4.18. The van der Waals surface area contributed by atoms with Gasteiger partial charge in [-0.1, -0.05) is 0 Å². The number of carbonyl (C=O) groups excluding carboxylic acids is 1. The van der Waals surface area contributed by atoms with Crippen LogP contribution in [0.25, 0.3) is 0 Å². The maximum Gasteiger partial charge on any atom is 0.274 e. The molecule has 2 rings (SSSR count). The number of aliphatic hydroxyl groups excluding tert-OH is 1. The largest absolute Gasteiger partial charge is 0.396 e. The molecule has 0 bridgehead atoms. The van der Waals surface area contributed by atoms with E-state index in [1.165, 1.54) is 6.33 Å². The van der Waals surface area contributed by atoms with Crippen molar-refractivity contribution in [2.75, 3.05) is 11.9 Å². The van der Waals surface area contributed by atoms with E-state index in [1.807, 2.05) is 0 Å². The molecule has 1 atom stereocenters. The smallest absolute Gasteiger partial charge is 0.274 e. The van der Waals surface area contributed by atoms with Gasteiger partial charge >= 0.3 is 0 Å². The van der Waals surface area contributed by atoms with Crippen LogP contribution in [-0.4, -0.2) is 33.4 Å². The molecule has 6 N–H and O–H groups in total. The van der Waals surface area contributed by atoms with Gasteiger partial charge in [-0.3, -0.25) is 10.5 Å². The first-order valence-electron chi connectivity index (χ1n) is 4.18. The van der Waals surface area contributed by atoms with Crippen molar-refractivity contribution >= 4 is 11.7 Å². The Labute approximate surface area is 79.7 Å². The molecule has 0 aliphatic carbocycles. The van der Waals surface area contributed by atoms with E-state index in [4.69, 9.17) is 10.8 Å². The second-order valence-corrected chi connectivity index (χ2v) is 3.15. The van der Waals surface area contributed by atoms with Gasteiger partial charge in [0.2, 0.25) is 0 Å². The molecule has 0 fully saturated rings. The lowest BCUT2D eigenvalue weighted by atomic mass is 10.2. The number of rotatable bonds is 2. The predicted octanol–water partition coefficient (Wildman–Crippen LogP) is -1.44. The minimum absolute atomic E-state index is 0.121. The molecule has 1 aliphatic rings. The molecular formula is C7H11N5O2. The monoisotopic (exact) mass is 197 g/mol. The average molecular weight is 197 g/mol. The summed E-state index contributed by atoms with van der Waals surface area (Å²) in [6.07, 6.45) is 1.62.